The van der Waals surface area contributed by atoms with E-state index < -0.39 is 22.0 Å². The molecule has 1 aliphatic rings. The molecule has 0 unspecified atom stereocenters. The Hall–Kier alpha value is -1.63. The number of carboxylic acid groups (broad SMARTS) is 1. The number of carbonyl (C=O) groups is 1. The standard InChI is InChI=1S/C15H14ClNO4S/c16-12-6-1-5-11-10(12)4-2-8-14(11)22(20,21)17-9-3-7-13(17)15(18)19/h1-2,4-6,8,13H,3,7,9H2,(H,18,19)/t13-/m0/s1. The Morgan fingerprint density at radius 3 is 2.59 bits per heavy atom. The summed E-state index contributed by atoms with van der Waals surface area (Å²) in [6, 6.07) is 8.91. The number of halogens is 1. The lowest BCUT2D eigenvalue weighted by atomic mass is 10.1. The first-order chi connectivity index (χ1) is 10.4. The Morgan fingerprint density at radius 1 is 1.18 bits per heavy atom. The van der Waals surface area contributed by atoms with Crippen molar-refractivity contribution in [2.45, 2.75) is 23.8 Å². The molecule has 0 amide bonds. The van der Waals surface area contributed by atoms with Crippen LogP contribution in [0.4, 0.5) is 0 Å². The van der Waals surface area contributed by atoms with Crippen molar-refractivity contribution in [3.8, 4) is 0 Å². The molecule has 1 fully saturated rings. The van der Waals surface area contributed by atoms with Crippen LogP contribution < -0.4 is 0 Å². The highest BCUT2D eigenvalue weighted by atomic mass is 35.5. The number of fused-ring (bicyclic) bond motifs is 1. The van der Waals surface area contributed by atoms with E-state index in [1.807, 2.05) is 0 Å². The monoisotopic (exact) mass is 339 g/mol. The predicted octanol–water partition coefficient (Wildman–Crippen LogP) is 2.73. The molecule has 1 aliphatic heterocycles. The predicted molar refractivity (Wildman–Crippen MR) is 83.5 cm³/mol. The van der Waals surface area contributed by atoms with Gasteiger partial charge < -0.3 is 5.11 Å². The topological polar surface area (TPSA) is 74.7 Å². The second kappa shape index (κ2) is 5.53. The molecule has 2 aromatic rings. The van der Waals surface area contributed by atoms with Crippen molar-refractivity contribution in [1.82, 2.24) is 4.31 Å². The largest absolute Gasteiger partial charge is 0.480 e. The van der Waals surface area contributed by atoms with Crippen molar-refractivity contribution in [1.29, 1.82) is 0 Å². The molecular weight excluding hydrogens is 326 g/mol. The molecule has 1 atom stereocenters. The van der Waals surface area contributed by atoms with Gasteiger partial charge >= 0.3 is 5.97 Å². The van der Waals surface area contributed by atoms with E-state index in [2.05, 4.69) is 0 Å². The van der Waals surface area contributed by atoms with Crippen LogP contribution in [0.3, 0.4) is 0 Å². The quantitative estimate of drug-likeness (QED) is 0.933. The van der Waals surface area contributed by atoms with E-state index in [9.17, 15) is 18.3 Å². The fraction of sp³-hybridized carbons (Fsp3) is 0.267. The normalized spacial score (nSPS) is 19.6. The maximum atomic E-state index is 12.9. The van der Waals surface area contributed by atoms with Crippen LogP contribution in [0.25, 0.3) is 10.8 Å². The van der Waals surface area contributed by atoms with Gasteiger partial charge in [0.15, 0.2) is 0 Å². The van der Waals surface area contributed by atoms with Gasteiger partial charge in [0.2, 0.25) is 10.0 Å². The van der Waals surface area contributed by atoms with E-state index in [1.54, 1.807) is 30.3 Å². The highest BCUT2D eigenvalue weighted by molar-refractivity contribution is 7.89. The van der Waals surface area contributed by atoms with Crippen LogP contribution in [0.5, 0.6) is 0 Å². The van der Waals surface area contributed by atoms with Crippen LogP contribution in [0, 0.1) is 0 Å². The maximum Gasteiger partial charge on any atom is 0.322 e. The minimum Gasteiger partial charge on any atom is -0.480 e. The van der Waals surface area contributed by atoms with Crippen LogP contribution in [-0.4, -0.2) is 36.4 Å². The fourth-order valence-electron chi connectivity index (χ4n) is 2.87. The van der Waals surface area contributed by atoms with Gasteiger partial charge in [0.05, 0.1) is 4.90 Å². The first-order valence-electron chi connectivity index (χ1n) is 6.85. The maximum absolute atomic E-state index is 12.9. The second-order valence-electron chi connectivity index (χ2n) is 5.20. The summed E-state index contributed by atoms with van der Waals surface area (Å²) in [5, 5.41) is 10.8. The summed E-state index contributed by atoms with van der Waals surface area (Å²) in [4.78, 5) is 11.4. The smallest absolute Gasteiger partial charge is 0.322 e. The lowest BCUT2D eigenvalue weighted by molar-refractivity contribution is -0.140. The SMILES string of the molecule is O=C(O)[C@@H]1CCCN1S(=O)(=O)c1cccc2c(Cl)cccc12. The van der Waals surface area contributed by atoms with Crippen molar-refractivity contribution in [2.75, 3.05) is 6.54 Å². The van der Waals surface area contributed by atoms with Gasteiger partial charge in [0.1, 0.15) is 6.04 Å². The van der Waals surface area contributed by atoms with E-state index >= 15 is 0 Å². The summed E-state index contributed by atoms with van der Waals surface area (Å²) in [6.07, 6.45) is 0.877. The van der Waals surface area contributed by atoms with Crippen LogP contribution in [0.1, 0.15) is 12.8 Å². The molecule has 2 aromatic carbocycles. The molecule has 5 nitrogen and oxygen atoms in total. The average molecular weight is 340 g/mol. The summed E-state index contributed by atoms with van der Waals surface area (Å²) >= 11 is 6.12. The Morgan fingerprint density at radius 2 is 1.86 bits per heavy atom. The first kappa shape index (κ1) is 15.3. The number of rotatable bonds is 3. The number of hydrogen-bond acceptors (Lipinski definition) is 3. The average Bonchev–Trinajstić information content (AvgIpc) is 2.97. The van der Waals surface area contributed by atoms with E-state index in [0.29, 0.717) is 28.6 Å². The number of nitrogens with zero attached hydrogens (tertiary/aromatic N) is 1. The lowest BCUT2D eigenvalue weighted by Gasteiger charge is -2.22. The van der Waals surface area contributed by atoms with Crippen LogP contribution in [0.2, 0.25) is 5.02 Å². The zero-order valence-corrected chi connectivity index (χ0v) is 13.1. The van der Waals surface area contributed by atoms with Gasteiger partial charge in [-0.1, -0.05) is 35.9 Å². The van der Waals surface area contributed by atoms with Crippen molar-refractivity contribution in [3.05, 3.63) is 41.4 Å². The molecule has 22 heavy (non-hydrogen) atoms. The van der Waals surface area contributed by atoms with Gasteiger partial charge in [-0.25, -0.2) is 8.42 Å². The number of sulfonamides is 1. The van der Waals surface area contributed by atoms with Crippen molar-refractivity contribution in [3.63, 3.8) is 0 Å². The van der Waals surface area contributed by atoms with Gasteiger partial charge in [0, 0.05) is 22.3 Å². The molecule has 3 rings (SSSR count). The highest BCUT2D eigenvalue weighted by Gasteiger charge is 2.40. The Kier molecular flexibility index (Phi) is 3.84. The van der Waals surface area contributed by atoms with Crippen molar-refractivity contribution < 1.29 is 18.3 Å². The molecule has 0 saturated carbocycles. The van der Waals surface area contributed by atoms with E-state index in [1.165, 1.54) is 6.07 Å². The molecule has 0 bridgehead atoms. The Bertz CT molecular complexity index is 850. The number of aliphatic carboxylic acids is 1. The van der Waals surface area contributed by atoms with E-state index in [4.69, 9.17) is 11.6 Å². The second-order valence-corrected chi connectivity index (χ2v) is 7.47. The van der Waals surface area contributed by atoms with Gasteiger partial charge in [-0.05, 0) is 25.0 Å². The van der Waals surface area contributed by atoms with Gasteiger partial charge in [0.25, 0.3) is 0 Å². The summed E-state index contributed by atoms with van der Waals surface area (Å²) < 4.78 is 26.9. The van der Waals surface area contributed by atoms with Gasteiger partial charge in [-0.15, -0.1) is 0 Å². The van der Waals surface area contributed by atoms with E-state index in [0.717, 1.165) is 4.31 Å². The van der Waals surface area contributed by atoms with E-state index in [-0.39, 0.29) is 11.4 Å². The summed E-state index contributed by atoms with van der Waals surface area (Å²) in [7, 11) is -3.88. The third kappa shape index (κ3) is 2.37. The minimum absolute atomic E-state index is 0.0978. The summed E-state index contributed by atoms with van der Waals surface area (Å²) in [6.45, 7) is 0.219. The van der Waals surface area contributed by atoms with Crippen molar-refractivity contribution in [2.24, 2.45) is 0 Å². The summed E-state index contributed by atoms with van der Waals surface area (Å²) in [5.74, 6) is -1.11. The highest BCUT2D eigenvalue weighted by Crippen LogP contribution is 2.33. The van der Waals surface area contributed by atoms with Gasteiger partial charge in [-0.3, -0.25) is 4.79 Å². The Balaban J connectivity index is 2.18. The van der Waals surface area contributed by atoms with Gasteiger partial charge in [-0.2, -0.15) is 4.31 Å². The van der Waals surface area contributed by atoms with Crippen LogP contribution >= 0.6 is 11.6 Å². The fourth-order valence-corrected chi connectivity index (χ4v) is 4.97. The Labute approximate surface area is 133 Å². The molecule has 1 saturated heterocycles. The molecule has 0 spiro atoms. The lowest BCUT2D eigenvalue weighted by Crippen LogP contribution is -2.40. The molecule has 1 heterocycles. The molecule has 0 aromatic heterocycles. The molecule has 116 valence electrons. The molecule has 0 radical (unpaired) electrons. The molecule has 0 aliphatic carbocycles. The van der Waals surface area contributed by atoms with Crippen LogP contribution in [0.15, 0.2) is 41.3 Å². The molecule has 1 N–H and O–H groups in total. The number of benzene rings is 2. The van der Waals surface area contributed by atoms with Crippen molar-refractivity contribution >= 4 is 38.4 Å². The molecular formula is C15H14ClNO4S. The first-order valence-corrected chi connectivity index (χ1v) is 8.66. The zero-order chi connectivity index (χ0) is 15.9. The summed E-state index contributed by atoms with van der Waals surface area (Å²) in [5.41, 5.74) is 0. The molecule has 7 heteroatoms. The third-order valence-electron chi connectivity index (χ3n) is 3.90. The third-order valence-corrected chi connectivity index (χ3v) is 6.20. The van der Waals surface area contributed by atoms with Crippen LogP contribution in [-0.2, 0) is 14.8 Å². The zero-order valence-electron chi connectivity index (χ0n) is 11.6. The minimum atomic E-state index is -3.88. The number of carboxylic acids is 1. The number of hydrogen-bond donors (Lipinski definition) is 1.